The maximum atomic E-state index is 13.2. The van der Waals surface area contributed by atoms with Crippen LogP contribution in [0.3, 0.4) is 0 Å². The Bertz CT molecular complexity index is 1190. The fourth-order valence-corrected chi connectivity index (χ4v) is 3.54. The Hall–Kier alpha value is -3.09. The van der Waals surface area contributed by atoms with Crippen molar-refractivity contribution in [1.82, 2.24) is 0 Å². The highest BCUT2D eigenvalue weighted by Gasteiger charge is 2.45. The van der Waals surface area contributed by atoms with Gasteiger partial charge in [-0.15, -0.1) is 0 Å². The number of aliphatic hydroxyl groups excluding tert-OH is 4. The van der Waals surface area contributed by atoms with Crippen LogP contribution in [0.5, 0.6) is 23.0 Å². The van der Waals surface area contributed by atoms with Gasteiger partial charge in [-0.05, 0) is 12.1 Å². The van der Waals surface area contributed by atoms with Gasteiger partial charge in [0.15, 0.2) is 11.3 Å². The topological polar surface area (TPSA) is 179 Å². The molecule has 0 bridgehead atoms. The highest BCUT2D eigenvalue weighted by molar-refractivity contribution is 5.98. The first kappa shape index (κ1) is 21.2. The second-order valence-electron chi connectivity index (χ2n) is 7.05. The Morgan fingerprint density at radius 2 is 1.71 bits per heavy atom. The largest absolute Gasteiger partial charge is 0.508 e. The zero-order valence-corrected chi connectivity index (χ0v) is 16.1. The lowest BCUT2D eigenvalue weighted by Crippen LogP contribution is -2.60. The molecule has 1 aliphatic rings. The maximum absolute atomic E-state index is 13.2. The SMILES string of the molecule is COc1ccc(O[C@@H]2O[C@H](CO)[C@@H](O)[C@H](O)[C@H]2O)c2c(=O)c3c(O)cc(O)cc3oc12. The summed E-state index contributed by atoms with van der Waals surface area (Å²) in [5, 5.41) is 58.9. The third kappa shape index (κ3) is 3.42. The third-order valence-electron chi connectivity index (χ3n) is 5.13. The molecular formula is C20H20O11. The van der Waals surface area contributed by atoms with Crippen molar-refractivity contribution in [2.24, 2.45) is 0 Å². The van der Waals surface area contributed by atoms with E-state index in [1.807, 2.05) is 0 Å². The molecule has 0 aliphatic carbocycles. The van der Waals surface area contributed by atoms with Gasteiger partial charge in [-0.1, -0.05) is 0 Å². The van der Waals surface area contributed by atoms with Crippen LogP contribution in [-0.4, -0.2) is 75.1 Å². The summed E-state index contributed by atoms with van der Waals surface area (Å²) in [5.41, 5.74) is -0.877. The number of methoxy groups -OCH3 is 1. The van der Waals surface area contributed by atoms with Crippen LogP contribution >= 0.6 is 0 Å². The van der Waals surface area contributed by atoms with Gasteiger partial charge < -0.3 is 49.3 Å². The number of benzene rings is 2. The van der Waals surface area contributed by atoms with E-state index in [9.17, 15) is 35.4 Å². The van der Waals surface area contributed by atoms with Crippen molar-refractivity contribution in [3.8, 4) is 23.0 Å². The van der Waals surface area contributed by atoms with E-state index in [4.69, 9.17) is 18.6 Å². The Balaban J connectivity index is 1.89. The van der Waals surface area contributed by atoms with Crippen LogP contribution in [0.4, 0.5) is 0 Å². The van der Waals surface area contributed by atoms with E-state index in [1.165, 1.54) is 19.2 Å². The predicted octanol–water partition coefficient (Wildman–Crippen LogP) is -0.455. The minimum Gasteiger partial charge on any atom is -0.508 e. The standard InChI is InChI=1S/C20H20O11/c1-28-10-3-2-9(30-20-18(27)17(26)15(24)12(6-21)31-20)14-16(25)13-8(23)4-7(22)5-11(13)29-19(10)14/h2-5,12,15,17-18,20-24,26-27H,6H2,1H3/t12-,15-,17+,18-,20-/m1/s1. The Labute approximate surface area is 173 Å². The van der Waals surface area contributed by atoms with E-state index in [2.05, 4.69) is 0 Å². The summed E-state index contributed by atoms with van der Waals surface area (Å²) in [5.74, 6) is -0.825. The zero-order valence-electron chi connectivity index (χ0n) is 16.1. The van der Waals surface area contributed by atoms with Crippen LogP contribution in [0, 0.1) is 0 Å². The summed E-state index contributed by atoms with van der Waals surface area (Å²) in [7, 11) is 1.34. The van der Waals surface area contributed by atoms with E-state index in [0.29, 0.717) is 0 Å². The van der Waals surface area contributed by atoms with Gasteiger partial charge in [0, 0.05) is 12.1 Å². The smallest absolute Gasteiger partial charge is 0.229 e. The lowest BCUT2D eigenvalue weighted by Gasteiger charge is -2.39. The number of aromatic hydroxyl groups is 2. The van der Waals surface area contributed by atoms with E-state index in [1.54, 1.807) is 0 Å². The lowest BCUT2D eigenvalue weighted by atomic mass is 9.99. The van der Waals surface area contributed by atoms with Gasteiger partial charge in [0.2, 0.25) is 11.7 Å². The number of phenolic OH excluding ortho intramolecular Hbond substituents is 2. The van der Waals surface area contributed by atoms with Gasteiger partial charge in [-0.3, -0.25) is 4.79 Å². The minimum absolute atomic E-state index is 0.0629. The van der Waals surface area contributed by atoms with E-state index < -0.39 is 48.5 Å². The van der Waals surface area contributed by atoms with Gasteiger partial charge in [-0.2, -0.15) is 0 Å². The van der Waals surface area contributed by atoms with Crippen molar-refractivity contribution in [2.45, 2.75) is 30.7 Å². The van der Waals surface area contributed by atoms with Crippen molar-refractivity contribution in [3.63, 3.8) is 0 Å². The Kier molecular flexibility index (Phi) is 5.37. The van der Waals surface area contributed by atoms with Gasteiger partial charge in [0.05, 0.1) is 13.7 Å². The second kappa shape index (κ2) is 7.87. The summed E-state index contributed by atoms with van der Waals surface area (Å²) in [6, 6.07) is 4.88. The summed E-state index contributed by atoms with van der Waals surface area (Å²) in [6.07, 6.45) is -7.71. The van der Waals surface area contributed by atoms with Crippen LogP contribution in [-0.2, 0) is 4.74 Å². The van der Waals surface area contributed by atoms with Gasteiger partial charge in [-0.25, -0.2) is 0 Å². The molecule has 0 saturated carbocycles. The average molecular weight is 436 g/mol. The molecule has 0 amide bonds. The molecule has 166 valence electrons. The number of hydrogen-bond acceptors (Lipinski definition) is 11. The molecule has 4 rings (SSSR count). The first-order chi connectivity index (χ1) is 14.8. The number of hydrogen-bond donors (Lipinski definition) is 6. The Morgan fingerprint density at radius 1 is 1.00 bits per heavy atom. The van der Waals surface area contributed by atoms with E-state index in [0.717, 1.165) is 12.1 Å². The van der Waals surface area contributed by atoms with Gasteiger partial charge in [0.25, 0.3) is 0 Å². The molecule has 6 N–H and O–H groups in total. The lowest BCUT2D eigenvalue weighted by molar-refractivity contribution is -0.277. The highest BCUT2D eigenvalue weighted by atomic mass is 16.7. The van der Waals surface area contributed by atoms with Crippen molar-refractivity contribution in [3.05, 3.63) is 34.5 Å². The van der Waals surface area contributed by atoms with Crippen LogP contribution in [0.15, 0.2) is 33.5 Å². The molecule has 11 heteroatoms. The van der Waals surface area contributed by atoms with Crippen LogP contribution in [0.25, 0.3) is 21.9 Å². The maximum Gasteiger partial charge on any atom is 0.229 e. The molecule has 5 atom stereocenters. The third-order valence-corrected chi connectivity index (χ3v) is 5.13. The first-order valence-electron chi connectivity index (χ1n) is 9.23. The molecule has 1 saturated heterocycles. The molecule has 2 aromatic carbocycles. The molecule has 31 heavy (non-hydrogen) atoms. The molecular weight excluding hydrogens is 416 g/mol. The van der Waals surface area contributed by atoms with Crippen molar-refractivity contribution in [2.75, 3.05) is 13.7 Å². The molecule has 2 heterocycles. The van der Waals surface area contributed by atoms with Crippen molar-refractivity contribution in [1.29, 1.82) is 0 Å². The summed E-state index contributed by atoms with van der Waals surface area (Å²) in [4.78, 5) is 13.2. The zero-order chi connectivity index (χ0) is 22.4. The van der Waals surface area contributed by atoms with E-state index >= 15 is 0 Å². The van der Waals surface area contributed by atoms with E-state index in [-0.39, 0.29) is 39.2 Å². The van der Waals surface area contributed by atoms with Gasteiger partial charge in [0.1, 0.15) is 58.0 Å². The summed E-state index contributed by atoms with van der Waals surface area (Å²) >= 11 is 0. The normalized spacial score (nSPS) is 26.3. The number of ether oxygens (including phenoxy) is 3. The monoisotopic (exact) mass is 436 g/mol. The average Bonchev–Trinajstić information content (AvgIpc) is 2.73. The molecule has 1 aliphatic heterocycles. The summed E-state index contributed by atoms with van der Waals surface area (Å²) in [6.45, 7) is -0.654. The van der Waals surface area contributed by atoms with Crippen LogP contribution < -0.4 is 14.9 Å². The second-order valence-corrected chi connectivity index (χ2v) is 7.05. The van der Waals surface area contributed by atoms with Crippen molar-refractivity contribution < 1.29 is 49.3 Å². The number of fused-ring (bicyclic) bond motifs is 2. The van der Waals surface area contributed by atoms with Crippen LogP contribution in [0.2, 0.25) is 0 Å². The molecule has 0 unspecified atom stereocenters. The highest BCUT2D eigenvalue weighted by Crippen LogP contribution is 2.37. The quantitative estimate of drug-likeness (QED) is 0.292. The number of aliphatic hydroxyl groups is 4. The molecule has 1 fully saturated rings. The number of rotatable bonds is 4. The minimum atomic E-state index is -1.70. The molecule has 3 aromatic rings. The molecule has 0 spiro atoms. The Morgan fingerprint density at radius 3 is 2.39 bits per heavy atom. The molecule has 11 nitrogen and oxygen atoms in total. The molecule has 1 aromatic heterocycles. The fourth-order valence-electron chi connectivity index (χ4n) is 3.54. The van der Waals surface area contributed by atoms with Crippen molar-refractivity contribution >= 4 is 21.9 Å². The van der Waals surface area contributed by atoms with Gasteiger partial charge >= 0.3 is 0 Å². The fraction of sp³-hybridized carbons (Fsp3) is 0.350. The van der Waals surface area contributed by atoms with Crippen LogP contribution in [0.1, 0.15) is 0 Å². The predicted molar refractivity (Wildman–Crippen MR) is 104 cm³/mol. The summed E-state index contributed by atoms with van der Waals surface area (Å²) < 4.78 is 21.9. The molecule has 0 radical (unpaired) electrons. The number of phenols is 2. The first-order valence-corrected chi connectivity index (χ1v) is 9.23.